The Kier molecular flexibility index (Phi) is 5.51. The lowest BCUT2D eigenvalue weighted by atomic mass is 10.1. The van der Waals surface area contributed by atoms with E-state index in [2.05, 4.69) is 0 Å². The number of carbonyl (C=O) groups is 1. The lowest BCUT2D eigenvalue weighted by molar-refractivity contribution is -0.165. The van der Waals surface area contributed by atoms with Crippen molar-refractivity contribution in [1.29, 1.82) is 0 Å². The van der Waals surface area contributed by atoms with Crippen LogP contribution in [0.15, 0.2) is 54.6 Å². The third kappa shape index (κ3) is 4.76. The first-order valence-electron chi connectivity index (χ1n) is 6.76. The van der Waals surface area contributed by atoms with E-state index in [1.807, 2.05) is 6.07 Å². The summed E-state index contributed by atoms with van der Waals surface area (Å²) in [5, 5.41) is 10.1. The monoisotopic (exact) mass is 356 g/mol. The van der Waals surface area contributed by atoms with E-state index in [9.17, 15) is 23.1 Å². The largest absolute Gasteiger partial charge is 0.507 e. The molecule has 0 aromatic heterocycles. The van der Waals surface area contributed by atoms with E-state index in [0.717, 1.165) is 5.56 Å². The third-order valence-corrected chi connectivity index (χ3v) is 3.42. The number of hydrogen-bond acceptors (Lipinski definition) is 3. The highest BCUT2D eigenvalue weighted by Crippen LogP contribution is 2.22. The minimum Gasteiger partial charge on any atom is -0.507 e. The molecule has 2 aromatic rings. The van der Waals surface area contributed by atoms with Crippen LogP contribution in [0.2, 0.25) is 5.02 Å². The molecule has 0 heterocycles. The maximum atomic E-state index is 12.1. The Labute approximate surface area is 140 Å². The predicted molar refractivity (Wildman–Crippen MR) is 83.9 cm³/mol. The zero-order valence-electron chi connectivity index (χ0n) is 12.2. The molecule has 0 bridgehead atoms. The summed E-state index contributed by atoms with van der Waals surface area (Å²) < 4.78 is 42.0. The maximum Gasteiger partial charge on any atom is 0.454 e. The van der Waals surface area contributed by atoms with Crippen molar-refractivity contribution in [2.75, 3.05) is 0 Å². The maximum absolute atomic E-state index is 12.1. The molecule has 24 heavy (non-hydrogen) atoms. The van der Waals surface area contributed by atoms with Gasteiger partial charge in [0.25, 0.3) is 5.78 Å². The van der Waals surface area contributed by atoms with Crippen LogP contribution in [-0.4, -0.2) is 17.1 Å². The fourth-order valence-electron chi connectivity index (χ4n) is 1.79. The molecule has 0 unspecified atom stereocenters. The second-order valence-electron chi connectivity index (χ2n) is 4.80. The van der Waals surface area contributed by atoms with Crippen LogP contribution in [0, 0.1) is 0 Å². The summed E-state index contributed by atoms with van der Waals surface area (Å²) in [6.07, 6.45) is -4.88. The van der Waals surface area contributed by atoms with Crippen LogP contribution >= 0.6 is 11.6 Å². The smallest absolute Gasteiger partial charge is 0.454 e. The number of ether oxygens (including phenoxy) is 1. The number of halogens is 4. The number of benzene rings is 2. The van der Waals surface area contributed by atoms with Crippen molar-refractivity contribution in [3.05, 3.63) is 70.8 Å². The topological polar surface area (TPSA) is 46.5 Å². The predicted octanol–water partition coefficient (Wildman–Crippen LogP) is 4.95. The van der Waals surface area contributed by atoms with Crippen molar-refractivity contribution < 1.29 is 27.8 Å². The zero-order valence-corrected chi connectivity index (χ0v) is 12.9. The second kappa shape index (κ2) is 7.40. The molecule has 0 aliphatic heterocycles. The zero-order chi connectivity index (χ0) is 17.7. The molecule has 0 fully saturated rings. The van der Waals surface area contributed by atoms with Crippen molar-refractivity contribution in [1.82, 2.24) is 0 Å². The van der Waals surface area contributed by atoms with Gasteiger partial charge < -0.3 is 9.84 Å². The van der Waals surface area contributed by atoms with Gasteiger partial charge in [0.1, 0.15) is 18.1 Å². The Bertz CT molecular complexity index is 752. The van der Waals surface area contributed by atoms with E-state index < -0.39 is 17.7 Å². The van der Waals surface area contributed by atoms with Gasteiger partial charge >= 0.3 is 6.18 Å². The summed E-state index contributed by atoms with van der Waals surface area (Å²) in [5.41, 5.74) is 0.847. The van der Waals surface area contributed by atoms with E-state index in [1.165, 1.54) is 24.3 Å². The first-order valence-corrected chi connectivity index (χ1v) is 7.13. The molecular weight excluding hydrogens is 345 g/mol. The number of aliphatic hydroxyl groups excluding tert-OH is 1. The van der Waals surface area contributed by atoms with E-state index in [0.29, 0.717) is 10.8 Å². The van der Waals surface area contributed by atoms with Gasteiger partial charge in [-0.3, -0.25) is 4.79 Å². The summed E-state index contributed by atoms with van der Waals surface area (Å²) in [4.78, 5) is 10.8. The van der Waals surface area contributed by atoms with Gasteiger partial charge in [-0.25, -0.2) is 0 Å². The molecule has 2 rings (SSSR count). The van der Waals surface area contributed by atoms with E-state index in [4.69, 9.17) is 16.3 Å². The Hall–Kier alpha value is -2.47. The first kappa shape index (κ1) is 17.9. The van der Waals surface area contributed by atoms with Crippen molar-refractivity contribution >= 4 is 23.1 Å². The number of hydrogen-bond donors (Lipinski definition) is 1. The van der Waals surface area contributed by atoms with Gasteiger partial charge in [-0.15, -0.1) is 0 Å². The van der Waals surface area contributed by atoms with Crippen LogP contribution in [0.3, 0.4) is 0 Å². The Morgan fingerprint density at radius 1 is 1.12 bits per heavy atom. The minimum atomic E-state index is -5.02. The molecule has 0 atom stereocenters. The van der Waals surface area contributed by atoms with Crippen molar-refractivity contribution in [2.45, 2.75) is 12.8 Å². The molecule has 126 valence electrons. The Balaban J connectivity index is 2.04. The summed E-state index contributed by atoms with van der Waals surface area (Å²) in [7, 11) is 0. The fourth-order valence-corrected chi connectivity index (χ4v) is 1.98. The molecule has 3 nitrogen and oxygen atoms in total. The molecule has 0 aliphatic rings. The molecule has 0 amide bonds. The van der Waals surface area contributed by atoms with Crippen LogP contribution < -0.4 is 4.74 Å². The number of rotatable bonds is 5. The van der Waals surface area contributed by atoms with E-state index >= 15 is 0 Å². The third-order valence-electron chi connectivity index (χ3n) is 3.05. The summed E-state index contributed by atoms with van der Waals surface area (Å²) in [5.74, 6) is -2.46. The highest BCUT2D eigenvalue weighted by Gasteiger charge is 2.36. The fraction of sp³-hybridized carbons (Fsp3) is 0.118. The highest BCUT2D eigenvalue weighted by atomic mass is 35.5. The SMILES string of the molecule is O=C(C=C(O)c1ccc(OCc2ccccc2Cl)cc1)C(F)(F)F. The van der Waals surface area contributed by atoms with Crippen LogP contribution in [0.25, 0.3) is 5.76 Å². The number of allylic oxidation sites excluding steroid dienone is 1. The molecule has 0 saturated carbocycles. The van der Waals surface area contributed by atoms with Crippen LogP contribution in [0.1, 0.15) is 11.1 Å². The average Bonchev–Trinajstić information content (AvgIpc) is 2.53. The molecule has 0 saturated heterocycles. The quantitative estimate of drug-likeness (QED) is 0.609. The average molecular weight is 357 g/mol. The lowest BCUT2D eigenvalue weighted by Crippen LogP contribution is -2.20. The summed E-state index contributed by atoms with van der Waals surface area (Å²) in [6, 6.07) is 12.8. The van der Waals surface area contributed by atoms with Crippen molar-refractivity contribution in [2.24, 2.45) is 0 Å². The molecule has 7 heteroatoms. The van der Waals surface area contributed by atoms with Gasteiger partial charge in [0, 0.05) is 22.2 Å². The van der Waals surface area contributed by atoms with Crippen molar-refractivity contribution in [3.8, 4) is 5.75 Å². The van der Waals surface area contributed by atoms with Gasteiger partial charge in [0.15, 0.2) is 0 Å². The van der Waals surface area contributed by atoms with Gasteiger partial charge in [0.2, 0.25) is 0 Å². The normalized spacial score (nSPS) is 12.1. The number of carbonyl (C=O) groups excluding carboxylic acids is 1. The summed E-state index contributed by atoms with van der Waals surface area (Å²) in [6.45, 7) is 0.216. The molecule has 1 N–H and O–H groups in total. The van der Waals surface area contributed by atoms with E-state index in [1.54, 1.807) is 18.2 Å². The van der Waals surface area contributed by atoms with E-state index in [-0.39, 0.29) is 18.2 Å². The molecule has 0 radical (unpaired) electrons. The summed E-state index contributed by atoms with van der Waals surface area (Å²) >= 11 is 6.00. The van der Waals surface area contributed by atoms with Gasteiger partial charge in [0.05, 0.1) is 0 Å². The minimum absolute atomic E-state index is 0.0673. The van der Waals surface area contributed by atoms with Crippen LogP contribution in [0.5, 0.6) is 5.75 Å². The highest BCUT2D eigenvalue weighted by molar-refractivity contribution is 6.31. The Morgan fingerprint density at radius 3 is 2.33 bits per heavy atom. The number of aliphatic hydroxyl groups is 1. The van der Waals surface area contributed by atoms with Crippen molar-refractivity contribution in [3.63, 3.8) is 0 Å². The Morgan fingerprint density at radius 2 is 1.75 bits per heavy atom. The molecular formula is C17H12ClF3O3. The standard InChI is InChI=1S/C17H12ClF3O3/c18-14-4-2-1-3-12(14)10-24-13-7-5-11(6-8-13)15(22)9-16(23)17(19,20)21/h1-9,22H,10H2. The first-order chi connectivity index (χ1) is 11.3. The van der Waals surface area contributed by atoms with Gasteiger partial charge in [-0.05, 0) is 30.3 Å². The molecule has 2 aromatic carbocycles. The molecule has 0 aliphatic carbocycles. The number of ketones is 1. The molecule has 0 spiro atoms. The van der Waals surface area contributed by atoms with Gasteiger partial charge in [-0.1, -0.05) is 29.8 Å². The lowest BCUT2D eigenvalue weighted by Gasteiger charge is -2.08. The van der Waals surface area contributed by atoms with Crippen LogP contribution in [0.4, 0.5) is 13.2 Å². The number of alkyl halides is 3. The second-order valence-corrected chi connectivity index (χ2v) is 5.20. The van der Waals surface area contributed by atoms with Gasteiger partial charge in [-0.2, -0.15) is 13.2 Å². The van der Waals surface area contributed by atoms with Crippen LogP contribution in [-0.2, 0) is 11.4 Å².